The Labute approximate surface area is 114 Å². The Morgan fingerprint density at radius 1 is 1.22 bits per heavy atom. The maximum Gasteiger partial charge on any atom is 0.101 e. The minimum Gasteiger partial charge on any atom is -0.498 e. The van der Waals surface area contributed by atoms with Gasteiger partial charge in [0.15, 0.2) is 0 Å². The summed E-state index contributed by atoms with van der Waals surface area (Å²) in [4.78, 5) is 0. The van der Waals surface area contributed by atoms with Gasteiger partial charge in [-0.25, -0.2) is 0 Å². The molecular formula is C17H32O. The second kappa shape index (κ2) is 8.61. The Hall–Kier alpha value is -0.460. The van der Waals surface area contributed by atoms with Gasteiger partial charge in [0.2, 0.25) is 0 Å². The Morgan fingerprint density at radius 2 is 2.00 bits per heavy atom. The minimum absolute atomic E-state index is 0.452. The van der Waals surface area contributed by atoms with Crippen molar-refractivity contribution < 1.29 is 4.74 Å². The van der Waals surface area contributed by atoms with Crippen molar-refractivity contribution >= 4 is 0 Å². The molecule has 3 atom stereocenters. The van der Waals surface area contributed by atoms with Crippen LogP contribution in [-0.2, 0) is 4.74 Å². The predicted octanol–water partition coefficient (Wildman–Crippen LogP) is 5.56. The van der Waals surface area contributed by atoms with E-state index < -0.39 is 0 Å². The van der Waals surface area contributed by atoms with Gasteiger partial charge in [0.05, 0.1) is 6.26 Å². The van der Waals surface area contributed by atoms with Crippen molar-refractivity contribution in [2.75, 3.05) is 0 Å². The number of ether oxygens (including phenoxy) is 1. The molecule has 1 nitrogen and oxygen atoms in total. The lowest BCUT2D eigenvalue weighted by Crippen LogP contribution is -2.31. The average Bonchev–Trinajstić information content (AvgIpc) is 2.35. The Morgan fingerprint density at radius 3 is 2.67 bits per heavy atom. The Kier molecular flexibility index (Phi) is 7.46. The van der Waals surface area contributed by atoms with E-state index in [-0.39, 0.29) is 0 Å². The van der Waals surface area contributed by atoms with Crippen molar-refractivity contribution in [1.82, 2.24) is 0 Å². The highest BCUT2D eigenvalue weighted by molar-refractivity contribution is 4.83. The molecule has 0 N–H and O–H groups in total. The van der Waals surface area contributed by atoms with Gasteiger partial charge in [-0.15, -0.1) is 0 Å². The molecule has 0 aromatic rings. The summed E-state index contributed by atoms with van der Waals surface area (Å²) < 4.78 is 5.98. The van der Waals surface area contributed by atoms with E-state index in [0.29, 0.717) is 6.10 Å². The molecule has 0 heterocycles. The second-order valence-electron chi connectivity index (χ2n) is 6.34. The largest absolute Gasteiger partial charge is 0.498 e. The quantitative estimate of drug-likeness (QED) is 0.426. The second-order valence-corrected chi connectivity index (χ2v) is 6.34. The van der Waals surface area contributed by atoms with Gasteiger partial charge < -0.3 is 4.74 Å². The van der Waals surface area contributed by atoms with Crippen LogP contribution in [0.4, 0.5) is 0 Å². The van der Waals surface area contributed by atoms with Gasteiger partial charge in [0.1, 0.15) is 6.10 Å². The van der Waals surface area contributed by atoms with Crippen LogP contribution < -0.4 is 0 Å². The molecule has 0 bridgehead atoms. The lowest BCUT2D eigenvalue weighted by Gasteiger charge is -2.35. The van der Waals surface area contributed by atoms with Crippen molar-refractivity contribution in [2.45, 2.75) is 78.7 Å². The van der Waals surface area contributed by atoms with Gasteiger partial charge in [-0.1, -0.05) is 40.5 Å². The highest BCUT2D eigenvalue weighted by Gasteiger charge is 2.29. The first-order valence-corrected chi connectivity index (χ1v) is 7.95. The first-order valence-electron chi connectivity index (χ1n) is 7.95. The average molecular weight is 252 g/mol. The molecular weight excluding hydrogens is 220 g/mol. The fourth-order valence-corrected chi connectivity index (χ4v) is 2.84. The maximum atomic E-state index is 5.98. The Balaban J connectivity index is 2.26. The van der Waals surface area contributed by atoms with Crippen molar-refractivity contribution in [2.24, 2.45) is 17.8 Å². The molecule has 1 heteroatoms. The molecule has 0 saturated heterocycles. The summed E-state index contributed by atoms with van der Waals surface area (Å²) >= 11 is 0. The van der Waals surface area contributed by atoms with Crippen molar-refractivity contribution in [3.05, 3.63) is 12.3 Å². The maximum absolute atomic E-state index is 5.98. The third-order valence-electron chi connectivity index (χ3n) is 4.43. The van der Waals surface area contributed by atoms with Crippen LogP contribution in [0.1, 0.15) is 72.6 Å². The number of rotatable bonds is 7. The normalized spacial score (nSPS) is 29.1. The van der Waals surface area contributed by atoms with Crippen LogP contribution in [0.5, 0.6) is 0 Å². The fourth-order valence-electron chi connectivity index (χ4n) is 2.84. The first-order chi connectivity index (χ1) is 8.65. The van der Waals surface area contributed by atoms with Crippen LogP contribution in [0.3, 0.4) is 0 Å². The van der Waals surface area contributed by atoms with E-state index in [1.54, 1.807) is 0 Å². The molecule has 0 unspecified atom stereocenters. The summed E-state index contributed by atoms with van der Waals surface area (Å²) in [5.41, 5.74) is 0. The highest BCUT2D eigenvalue weighted by atomic mass is 16.5. The van der Waals surface area contributed by atoms with Gasteiger partial charge in [-0.2, -0.15) is 0 Å². The number of allylic oxidation sites excluding steroid dienone is 1. The van der Waals surface area contributed by atoms with Crippen LogP contribution in [0.2, 0.25) is 0 Å². The number of unbranched alkanes of at least 4 members (excludes halogenated alkanes) is 3. The summed E-state index contributed by atoms with van der Waals surface area (Å²) in [6.07, 6.45) is 13.7. The lowest BCUT2D eigenvalue weighted by molar-refractivity contribution is 0.0270. The molecule has 0 amide bonds. The minimum atomic E-state index is 0.452. The molecule has 0 aromatic heterocycles. The van der Waals surface area contributed by atoms with E-state index in [1.807, 2.05) is 6.26 Å². The standard InChI is InChI=1S/C17H32O/c1-5-6-7-8-9-12-18-17-13-16(14(2)3)11-10-15(17)4/h9,12,14-17H,5-8,10-11,13H2,1-4H3/b12-9-/t15-,16-,17+/m1/s1. The molecule has 1 aliphatic carbocycles. The molecule has 1 rings (SSSR count). The number of hydrogen-bond acceptors (Lipinski definition) is 1. The van der Waals surface area contributed by atoms with E-state index >= 15 is 0 Å². The van der Waals surface area contributed by atoms with Crippen LogP contribution in [0.25, 0.3) is 0 Å². The van der Waals surface area contributed by atoms with E-state index in [4.69, 9.17) is 4.74 Å². The van der Waals surface area contributed by atoms with Crippen LogP contribution >= 0.6 is 0 Å². The highest BCUT2D eigenvalue weighted by Crippen LogP contribution is 2.34. The molecule has 0 spiro atoms. The summed E-state index contributed by atoms with van der Waals surface area (Å²) in [5, 5.41) is 0. The van der Waals surface area contributed by atoms with E-state index in [2.05, 4.69) is 33.8 Å². The van der Waals surface area contributed by atoms with Gasteiger partial charge >= 0.3 is 0 Å². The van der Waals surface area contributed by atoms with E-state index in [0.717, 1.165) is 17.8 Å². The third-order valence-corrected chi connectivity index (χ3v) is 4.43. The summed E-state index contributed by atoms with van der Waals surface area (Å²) in [7, 11) is 0. The summed E-state index contributed by atoms with van der Waals surface area (Å²) in [6.45, 7) is 9.28. The lowest BCUT2D eigenvalue weighted by atomic mass is 9.76. The Bertz CT molecular complexity index is 232. The van der Waals surface area contributed by atoms with Crippen molar-refractivity contribution in [1.29, 1.82) is 0 Å². The molecule has 106 valence electrons. The fraction of sp³-hybridized carbons (Fsp3) is 0.882. The first kappa shape index (κ1) is 15.6. The summed E-state index contributed by atoms with van der Waals surface area (Å²) in [6, 6.07) is 0. The third kappa shape index (κ3) is 5.46. The van der Waals surface area contributed by atoms with Gasteiger partial charge in [0, 0.05) is 0 Å². The zero-order valence-corrected chi connectivity index (χ0v) is 12.8. The molecule has 1 fully saturated rings. The number of hydrogen-bond donors (Lipinski definition) is 0. The van der Waals surface area contributed by atoms with Crippen LogP contribution in [0.15, 0.2) is 12.3 Å². The van der Waals surface area contributed by atoms with Gasteiger partial charge in [-0.3, -0.25) is 0 Å². The smallest absolute Gasteiger partial charge is 0.101 e. The van der Waals surface area contributed by atoms with Crippen LogP contribution in [-0.4, -0.2) is 6.10 Å². The summed E-state index contributed by atoms with van der Waals surface area (Å²) in [5.74, 6) is 2.39. The van der Waals surface area contributed by atoms with Crippen molar-refractivity contribution in [3.8, 4) is 0 Å². The molecule has 0 aliphatic heterocycles. The molecule has 1 saturated carbocycles. The zero-order chi connectivity index (χ0) is 13.4. The molecule has 18 heavy (non-hydrogen) atoms. The van der Waals surface area contributed by atoms with Crippen LogP contribution in [0, 0.1) is 17.8 Å². The van der Waals surface area contributed by atoms with E-state index in [9.17, 15) is 0 Å². The molecule has 0 radical (unpaired) electrons. The van der Waals surface area contributed by atoms with Crippen molar-refractivity contribution in [3.63, 3.8) is 0 Å². The van der Waals surface area contributed by atoms with E-state index in [1.165, 1.54) is 44.9 Å². The zero-order valence-electron chi connectivity index (χ0n) is 12.8. The molecule has 0 aromatic carbocycles. The SMILES string of the molecule is CCCCC/C=C\O[C@H]1C[C@H](C(C)C)CC[C@H]1C. The van der Waals surface area contributed by atoms with Gasteiger partial charge in [0.25, 0.3) is 0 Å². The predicted molar refractivity (Wildman–Crippen MR) is 79.5 cm³/mol. The van der Waals surface area contributed by atoms with Gasteiger partial charge in [-0.05, 0) is 55.9 Å². The monoisotopic (exact) mass is 252 g/mol. The molecule has 1 aliphatic rings. The topological polar surface area (TPSA) is 9.23 Å².